The fraction of sp³-hybridized carbons (Fsp3) is 0.0667. The number of ether oxygens (including phenoxy) is 1. The lowest BCUT2D eigenvalue weighted by atomic mass is 10.2. The maximum Gasteiger partial charge on any atom is 0.262 e. The molecule has 0 unspecified atom stereocenters. The Labute approximate surface area is 139 Å². The number of halogens is 2. The summed E-state index contributed by atoms with van der Waals surface area (Å²) in [5.74, 6) is -0.0639. The molecule has 112 valence electrons. The molecule has 3 rings (SSSR count). The predicted octanol–water partition coefficient (Wildman–Crippen LogP) is 3.69. The van der Waals surface area contributed by atoms with E-state index in [-0.39, 0.29) is 18.4 Å². The summed E-state index contributed by atoms with van der Waals surface area (Å²) >= 11 is 9.46. The van der Waals surface area contributed by atoms with Crippen molar-refractivity contribution in [2.45, 2.75) is 0 Å². The molecule has 0 saturated heterocycles. The van der Waals surface area contributed by atoms with Gasteiger partial charge in [0.25, 0.3) is 11.8 Å². The minimum atomic E-state index is -0.289. The fourth-order valence-electron chi connectivity index (χ4n) is 2.02. The monoisotopic (exact) mass is 380 g/mol. The van der Waals surface area contributed by atoms with Crippen LogP contribution in [0, 0.1) is 0 Å². The summed E-state index contributed by atoms with van der Waals surface area (Å²) in [6.07, 6.45) is 0. The van der Waals surface area contributed by atoms with E-state index in [0.29, 0.717) is 27.7 Å². The number of anilines is 2. The highest BCUT2D eigenvalue weighted by Crippen LogP contribution is 2.36. The second-order valence-corrected chi connectivity index (χ2v) is 5.95. The zero-order valence-corrected chi connectivity index (χ0v) is 13.5. The van der Waals surface area contributed by atoms with Crippen LogP contribution in [0.1, 0.15) is 10.4 Å². The lowest BCUT2D eigenvalue weighted by molar-refractivity contribution is -0.118. The SMILES string of the molecule is O=C1COc2cc(NC(=O)c3cccc(Br)c3)c(Cl)cc2N1. The van der Waals surface area contributed by atoms with Gasteiger partial charge >= 0.3 is 0 Å². The summed E-state index contributed by atoms with van der Waals surface area (Å²) in [5, 5.41) is 5.70. The summed E-state index contributed by atoms with van der Waals surface area (Å²) in [6, 6.07) is 10.1. The van der Waals surface area contributed by atoms with Crippen LogP contribution in [0.15, 0.2) is 40.9 Å². The van der Waals surface area contributed by atoms with Crippen molar-refractivity contribution in [3.05, 3.63) is 51.5 Å². The van der Waals surface area contributed by atoms with Crippen LogP contribution in [0.5, 0.6) is 5.75 Å². The summed E-state index contributed by atoms with van der Waals surface area (Å²) < 4.78 is 6.12. The van der Waals surface area contributed by atoms with Gasteiger partial charge in [-0.25, -0.2) is 0 Å². The number of fused-ring (bicyclic) bond motifs is 1. The van der Waals surface area contributed by atoms with Crippen LogP contribution in [0.25, 0.3) is 0 Å². The number of rotatable bonds is 2. The molecule has 1 aliphatic heterocycles. The first-order valence-electron chi connectivity index (χ1n) is 6.36. The number of nitrogens with one attached hydrogen (secondary N) is 2. The molecule has 0 fully saturated rings. The van der Waals surface area contributed by atoms with Crippen molar-refractivity contribution in [1.82, 2.24) is 0 Å². The Morgan fingerprint density at radius 2 is 2.14 bits per heavy atom. The lowest BCUT2D eigenvalue weighted by Crippen LogP contribution is -2.25. The number of benzene rings is 2. The van der Waals surface area contributed by atoms with Gasteiger partial charge in [-0.1, -0.05) is 33.6 Å². The van der Waals surface area contributed by atoms with Gasteiger partial charge in [-0.05, 0) is 24.3 Å². The van der Waals surface area contributed by atoms with E-state index in [4.69, 9.17) is 16.3 Å². The Bertz CT molecular complexity index is 779. The van der Waals surface area contributed by atoms with Crippen molar-refractivity contribution in [3.63, 3.8) is 0 Å². The quantitative estimate of drug-likeness (QED) is 0.834. The third-order valence-corrected chi connectivity index (χ3v) is 3.84. The third kappa shape index (κ3) is 3.08. The molecule has 0 bridgehead atoms. The number of carbonyl (C=O) groups is 2. The second-order valence-electron chi connectivity index (χ2n) is 4.63. The van der Waals surface area contributed by atoms with E-state index in [9.17, 15) is 9.59 Å². The van der Waals surface area contributed by atoms with Crippen molar-refractivity contribution in [2.75, 3.05) is 17.2 Å². The molecule has 0 aromatic heterocycles. The van der Waals surface area contributed by atoms with Gasteiger partial charge in [0.05, 0.1) is 16.4 Å². The molecule has 0 atom stereocenters. The summed E-state index contributed by atoms with van der Waals surface area (Å²) in [7, 11) is 0. The largest absolute Gasteiger partial charge is 0.482 e. The standard InChI is InChI=1S/C15H10BrClN2O3/c16-9-3-1-2-8(4-9)15(21)19-11-6-13-12(5-10(11)17)18-14(20)7-22-13/h1-6H,7H2,(H,18,20)(H,19,21). The van der Waals surface area contributed by atoms with Gasteiger partial charge in [-0.15, -0.1) is 0 Å². The number of carbonyl (C=O) groups excluding carboxylic acids is 2. The molecule has 2 amide bonds. The van der Waals surface area contributed by atoms with Crippen molar-refractivity contribution < 1.29 is 14.3 Å². The fourth-order valence-corrected chi connectivity index (χ4v) is 2.63. The highest BCUT2D eigenvalue weighted by atomic mass is 79.9. The van der Waals surface area contributed by atoms with E-state index in [0.717, 1.165) is 4.47 Å². The van der Waals surface area contributed by atoms with Crippen molar-refractivity contribution in [1.29, 1.82) is 0 Å². The first kappa shape index (κ1) is 14.9. The molecule has 0 radical (unpaired) electrons. The van der Waals surface area contributed by atoms with Crippen LogP contribution in [-0.4, -0.2) is 18.4 Å². The van der Waals surface area contributed by atoms with Gasteiger partial charge in [0, 0.05) is 16.1 Å². The molecule has 1 aliphatic rings. The maximum absolute atomic E-state index is 12.2. The lowest BCUT2D eigenvalue weighted by Gasteiger charge is -2.19. The molecular weight excluding hydrogens is 372 g/mol. The molecule has 2 N–H and O–H groups in total. The Kier molecular flexibility index (Phi) is 4.04. The Hall–Kier alpha value is -2.05. The molecule has 2 aromatic rings. The topological polar surface area (TPSA) is 67.4 Å². The number of amides is 2. The normalized spacial score (nSPS) is 12.9. The molecular formula is C15H10BrClN2O3. The highest BCUT2D eigenvalue weighted by Gasteiger charge is 2.19. The number of hydrogen-bond acceptors (Lipinski definition) is 3. The average Bonchev–Trinajstić information content (AvgIpc) is 2.48. The summed E-state index contributed by atoms with van der Waals surface area (Å²) in [4.78, 5) is 23.5. The third-order valence-electron chi connectivity index (χ3n) is 3.04. The Balaban J connectivity index is 1.86. The van der Waals surface area contributed by atoms with E-state index in [1.807, 2.05) is 6.07 Å². The van der Waals surface area contributed by atoms with Gasteiger partial charge in [0.15, 0.2) is 6.61 Å². The van der Waals surface area contributed by atoms with E-state index < -0.39 is 0 Å². The smallest absolute Gasteiger partial charge is 0.262 e. The summed E-state index contributed by atoms with van der Waals surface area (Å²) in [6.45, 7) is -0.0619. The highest BCUT2D eigenvalue weighted by molar-refractivity contribution is 9.10. The summed E-state index contributed by atoms with van der Waals surface area (Å²) in [5.41, 5.74) is 1.40. The Morgan fingerprint density at radius 1 is 1.32 bits per heavy atom. The zero-order chi connectivity index (χ0) is 15.7. The Morgan fingerprint density at radius 3 is 2.91 bits per heavy atom. The minimum absolute atomic E-state index is 0.0619. The van der Waals surface area contributed by atoms with Crippen LogP contribution in [0.3, 0.4) is 0 Å². The van der Waals surface area contributed by atoms with E-state index >= 15 is 0 Å². The van der Waals surface area contributed by atoms with Crippen LogP contribution in [0.2, 0.25) is 5.02 Å². The van der Waals surface area contributed by atoms with Crippen LogP contribution < -0.4 is 15.4 Å². The van der Waals surface area contributed by atoms with E-state index in [1.165, 1.54) is 0 Å². The van der Waals surface area contributed by atoms with Gasteiger partial charge in [-0.2, -0.15) is 0 Å². The average molecular weight is 382 g/mol. The molecule has 7 heteroatoms. The molecule has 1 heterocycles. The van der Waals surface area contributed by atoms with Crippen molar-refractivity contribution in [2.24, 2.45) is 0 Å². The molecule has 0 saturated carbocycles. The molecule has 0 aliphatic carbocycles. The van der Waals surface area contributed by atoms with Crippen molar-refractivity contribution >= 4 is 50.7 Å². The number of hydrogen-bond donors (Lipinski definition) is 2. The van der Waals surface area contributed by atoms with Gasteiger partial charge in [-0.3, -0.25) is 9.59 Å². The van der Waals surface area contributed by atoms with Gasteiger partial charge in [0.2, 0.25) is 0 Å². The first-order chi connectivity index (χ1) is 10.5. The molecule has 22 heavy (non-hydrogen) atoms. The first-order valence-corrected chi connectivity index (χ1v) is 7.53. The molecule has 2 aromatic carbocycles. The molecule has 0 spiro atoms. The van der Waals surface area contributed by atoms with Crippen LogP contribution in [0.4, 0.5) is 11.4 Å². The van der Waals surface area contributed by atoms with Crippen LogP contribution in [-0.2, 0) is 4.79 Å². The maximum atomic E-state index is 12.2. The molecule has 5 nitrogen and oxygen atoms in total. The second kappa shape index (κ2) is 5.98. The minimum Gasteiger partial charge on any atom is -0.482 e. The van der Waals surface area contributed by atoms with Crippen LogP contribution >= 0.6 is 27.5 Å². The van der Waals surface area contributed by atoms with E-state index in [1.54, 1.807) is 30.3 Å². The predicted molar refractivity (Wildman–Crippen MR) is 87.7 cm³/mol. The van der Waals surface area contributed by atoms with Gasteiger partial charge < -0.3 is 15.4 Å². The van der Waals surface area contributed by atoms with Gasteiger partial charge in [0.1, 0.15) is 5.75 Å². The van der Waals surface area contributed by atoms with E-state index in [2.05, 4.69) is 26.6 Å². The van der Waals surface area contributed by atoms with Crippen molar-refractivity contribution in [3.8, 4) is 5.75 Å². The zero-order valence-electron chi connectivity index (χ0n) is 11.2.